The summed E-state index contributed by atoms with van der Waals surface area (Å²) in [6, 6.07) is 3.37. The molecule has 2 aliphatic heterocycles. The molecule has 3 aromatic rings. The number of hydrogen-bond donors (Lipinski definition) is 1. The van der Waals surface area contributed by atoms with Crippen LogP contribution in [0.3, 0.4) is 0 Å². The second kappa shape index (κ2) is 7.54. The molecule has 7 nitrogen and oxygen atoms in total. The summed E-state index contributed by atoms with van der Waals surface area (Å²) in [6.45, 7) is 1.34. The number of pyridine rings is 1. The number of fused-ring (bicyclic) bond motifs is 2. The summed E-state index contributed by atoms with van der Waals surface area (Å²) in [6.07, 6.45) is 3.45. The SMILES string of the molecule is O=C1c2c(O)c(=O)c(-c3ncc(Cc4ccc(F)cc4F)s3)cn2C[C@@H]2OCCCN12. The van der Waals surface area contributed by atoms with Crippen molar-refractivity contribution in [3.8, 4) is 16.3 Å². The van der Waals surface area contributed by atoms with Crippen LogP contribution in [0.15, 0.2) is 35.4 Å². The third-order valence-corrected chi connectivity index (χ3v) is 6.47. The molecule has 1 fully saturated rings. The van der Waals surface area contributed by atoms with Gasteiger partial charge in [0, 0.05) is 36.3 Å². The molecule has 1 atom stereocenters. The lowest BCUT2D eigenvalue weighted by Crippen LogP contribution is -2.53. The average molecular weight is 445 g/mol. The minimum atomic E-state index is -0.690. The summed E-state index contributed by atoms with van der Waals surface area (Å²) in [4.78, 5) is 32.0. The van der Waals surface area contributed by atoms with E-state index in [2.05, 4.69) is 4.98 Å². The molecule has 0 unspecified atom stereocenters. The fraction of sp³-hybridized carbons (Fsp3) is 0.286. The van der Waals surface area contributed by atoms with Gasteiger partial charge in [-0.3, -0.25) is 9.59 Å². The topological polar surface area (TPSA) is 84.7 Å². The Labute approximate surface area is 179 Å². The number of thiazole rings is 1. The van der Waals surface area contributed by atoms with Gasteiger partial charge in [0.2, 0.25) is 5.43 Å². The number of benzene rings is 1. The molecule has 0 aliphatic carbocycles. The van der Waals surface area contributed by atoms with Gasteiger partial charge in [0.25, 0.3) is 5.91 Å². The summed E-state index contributed by atoms with van der Waals surface area (Å²) in [5.41, 5.74) is -0.290. The molecule has 0 saturated carbocycles. The minimum Gasteiger partial charge on any atom is -0.503 e. The second-order valence-corrected chi connectivity index (χ2v) is 8.56. The highest BCUT2D eigenvalue weighted by Gasteiger charge is 2.37. The molecule has 1 aromatic carbocycles. The summed E-state index contributed by atoms with van der Waals surface area (Å²) in [5, 5.41) is 10.9. The van der Waals surface area contributed by atoms with Crippen LogP contribution in [0, 0.1) is 11.6 Å². The van der Waals surface area contributed by atoms with Crippen LogP contribution in [0.25, 0.3) is 10.6 Å². The summed E-state index contributed by atoms with van der Waals surface area (Å²) in [7, 11) is 0. The van der Waals surface area contributed by atoms with Crippen molar-refractivity contribution in [2.24, 2.45) is 0 Å². The lowest BCUT2D eigenvalue weighted by atomic mass is 10.1. The number of ether oxygens (including phenoxy) is 1. The van der Waals surface area contributed by atoms with Crippen molar-refractivity contribution in [1.82, 2.24) is 14.5 Å². The maximum atomic E-state index is 14.0. The number of rotatable bonds is 3. The Morgan fingerprint density at radius 3 is 2.94 bits per heavy atom. The van der Waals surface area contributed by atoms with E-state index in [9.17, 15) is 23.5 Å². The number of aromatic hydroxyl groups is 1. The van der Waals surface area contributed by atoms with Crippen molar-refractivity contribution in [2.75, 3.05) is 13.2 Å². The van der Waals surface area contributed by atoms with Gasteiger partial charge in [-0.2, -0.15) is 0 Å². The van der Waals surface area contributed by atoms with Crippen LogP contribution in [0.5, 0.6) is 5.75 Å². The van der Waals surface area contributed by atoms with E-state index in [0.717, 1.165) is 6.07 Å². The zero-order valence-corrected chi connectivity index (χ0v) is 17.0. The number of aromatic nitrogens is 2. The monoisotopic (exact) mass is 445 g/mol. The molecule has 4 heterocycles. The zero-order valence-electron chi connectivity index (χ0n) is 16.2. The van der Waals surface area contributed by atoms with Crippen LogP contribution in [0.1, 0.15) is 27.3 Å². The van der Waals surface area contributed by atoms with E-state index < -0.39 is 34.9 Å². The molecule has 1 saturated heterocycles. The Hall–Kier alpha value is -3.11. The molecule has 0 radical (unpaired) electrons. The van der Waals surface area contributed by atoms with Gasteiger partial charge < -0.3 is 19.3 Å². The summed E-state index contributed by atoms with van der Waals surface area (Å²) < 4.78 is 34.3. The molecule has 2 aromatic heterocycles. The third-order valence-electron chi connectivity index (χ3n) is 5.44. The summed E-state index contributed by atoms with van der Waals surface area (Å²) >= 11 is 1.17. The van der Waals surface area contributed by atoms with Crippen LogP contribution in [0.2, 0.25) is 0 Å². The van der Waals surface area contributed by atoms with Crippen LogP contribution in [-0.4, -0.2) is 44.8 Å². The predicted molar refractivity (Wildman–Crippen MR) is 108 cm³/mol. The van der Waals surface area contributed by atoms with Gasteiger partial charge >= 0.3 is 0 Å². The fourth-order valence-corrected chi connectivity index (χ4v) is 4.86. The van der Waals surface area contributed by atoms with Crippen molar-refractivity contribution in [1.29, 1.82) is 0 Å². The van der Waals surface area contributed by atoms with Gasteiger partial charge in [-0.15, -0.1) is 11.3 Å². The lowest BCUT2D eigenvalue weighted by Gasteiger charge is -2.40. The average Bonchev–Trinajstić information content (AvgIpc) is 3.21. The van der Waals surface area contributed by atoms with Gasteiger partial charge in [-0.05, 0) is 18.1 Å². The molecule has 10 heteroatoms. The normalized spacial score (nSPS) is 18.1. The van der Waals surface area contributed by atoms with E-state index in [1.165, 1.54) is 45.3 Å². The quantitative estimate of drug-likeness (QED) is 0.670. The third kappa shape index (κ3) is 3.41. The van der Waals surface area contributed by atoms with Crippen LogP contribution < -0.4 is 5.43 Å². The van der Waals surface area contributed by atoms with Gasteiger partial charge in [0.1, 0.15) is 16.6 Å². The van der Waals surface area contributed by atoms with Gasteiger partial charge in [-0.1, -0.05) is 6.07 Å². The number of hydrogen-bond acceptors (Lipinski definition) is 6. The van der Waals surface area contributed by atoms with Crippen LogP contribution in [0.4, 0.5) is 8.78 Å². The standard InChI is InChI=1S/C21H17F2N3O4S/c22-12-3-2-11(15(23)7-12)6-13-8-24-20(31-13)14-9-25-10-16-26(4-1-5-30-16)21(29)17(25)19(28)18(14)27/h2-3,7-9,16,28H,1,4-6,10H2/t16-/m0/s1. The zero-order chi connectivity index (χ0) is 21.7. The number of carbonyl (C=O) groups excluding carboxylic acids is 1. The molecule has 5 rings (SSSR count). The van der Waals surface area contributed by atoms with E-state index in [1.807, 2.05) is 0 Å². The van der Waals surface area contributed by atoms with Crippen LogP contribution in [-0.2, 0) is 17.7 Å². The van der Waals surface area contributed by atoms with E-state index in [0.29, 0.717) is 41.6 Å². The minimum absolute atomic E-state index is 0.0549. The van der Waals surface area contributed by atoms with Gasteiger partial charge in [0.15, 0.2) is 17.7 Å². The maximum absolute atomic E-state index is 14.0. The van der Waals surface area contributed by atoms with Crippen molar-refractivity contribution in [3.63, 3.8) is 0 Å². The number of amides is 1. The molecular weight excluding hydrogens is 428 g/mol. The van der Waals surface area contributed by atoms with Crippen molar-refractivity contribution >= 4 is 17.2 Å². The highest BCUT2D eigenvalue weighted by atomic mass is 32.1. The molecular formula is C21H17F2N3O4S. The first-order valence-corrected chi connectivity index (χ1v) is 10.5. The molecule has 1 amide bonds. The fourth-order valence-electron chi connectivity index (χ4n) is 3.91. The first kappa shape index (κ1) is 19.8. The van der Waals surface area contributed by atoms with E-state index >= 15 is 0 Å². The Balaban J connectivity index is 1.50. The van der Waals surface area contributed by atoms with E-state index in [4.69, 9.17) is 4.74 Å². The highest BCUT2D eigenvalue weighted by Crippen LogP contribution is 2.31. The van der Waals surface area contributed by atoms with Crippen LogP contribution >= 0.6 is 11.3 Å². The Morgan fingerprint density at radius 1 is 1.29 bits per heavy atom. The van der Waals surface area contributed by atoms with Gasteiger partial charge in [0.05, 0.1) is 18.7 Å². The van der Waals surface area contributed by atoms with Crippen molar-refractivity contribution < 1.29 is 23.4 Å². The second-order valence-electron chi connectivity index (χ2n) is 7.44. The molecule has 1 N–H and O–H groups in total. The molecule has 160 valence electrons. The lowest BCUT2D eigenvalue weighted by molar-refractivity contribution is -0.0919. The first-order valence-electron chi connectivity index (χ1n) is 9.70. The molecule has 0 spiro atoms. The number of nitrogens with zero attached hydrogens (tertiary/aromatic N) is 3. The van der Waals surface area contributed by atoms with Crippen molar-refractivity contribution in [3.05, 3.63) is 68.6 Å². The number of carbonyl (C=O) groups is 1. The first-order chi connectivity index (χ1) is 14.9. The Kier molecular flexibility index (Phi) is 4.82. The Bertz CT molecular complexity index is 1260. The highest BCUT2D eigenvalue weighted by molar-refractivity contribution is 7.15. The largest absolute Gasteiger partial charge is 0.503 e. The molecule has 2 aliphatic rings. The molecule has 0 bridgehead atoms. The van der Waals surface area contributed by atoms with E-state index in [1.54, 1.807) is 0 Å². The summed E-state index contributed by atoms with van der Waals surface area (Å²) in [5.74, 6) is -2.37. The number of halogens is 2. The predicted octanol–water partition coefficient (Wildman–Crippen LogP) is 2.75. The van der Waals surface area contributed by atoms with Gasteiger partial charge in [-0.25, -0.2) is 13.8 Å². The molecule has 31 heavy (non-hydrogen) atoms. The van der Waals surface area contributed by atoms with E-state index in [-0.39, 0.29) is 17.7 Å². The Morgan fingerprint density at radius 2 is 2.13 bits per heavy atom. The van der Waals surface area contributed by atoms with Crippen molar-refractivity contribution in [2.45, 2.75) is 25.6 Å². The maximum Gasteiger partial charge on any atom is 0.276 e. The smallest absolute Gasteiger partial charge is 0.276 e.